The van der Waals surface area contributed by atoms with E-state index in [0.29, 0.717) is 13.1 Å². The Morgan fingerprint density at radius 2 is 2.15 bits per heavy atom. The molecule has 0 bridgehead atoms. The van der Waals surface area contributed by atoms with Gasteiger partial charge in [0.15, 0.2) is 10.8 Å². The second kappa shape index (κ2) is 5.96. The monoisotopic (exact) mass is 309 g/mol. The van der Waals surface area contributed by atoms with Crippen LogP contribution in [0, 0.1) is 0 Å². The first-order valence-corrected chi connectivity index (χ1v) is 6.89. The van der Waals surface area contributed by atoms with Crippen LogP contribution in [-0.2, 0) is 10.9 Å². The number of hydrogen-bond acceptors (Lipinski definition) is 4. The van der Waals surface area contributed by atoms with E-state index in [1.807, 2.05) is 0 Å². The topological polar surface area (TPSA) is 54.5 Å². The Morgan fingerprint density at radius 1 is 1.50 bits per heavy atom. The maximum absolute atomic E-state index is 12.4. The Hall–Kier alpha value is -1.35. The molecule has 2 rings (SSSR count). The predicted octanol–water partition coefficient (Wildman–Crippen LogP) is 2.80. The molecule has 1 fully saturated rings. The molecule has 1 N–H and O–H groups in total. The van der Waals surface area contributed by atoms with Gasteiger partial charge in [0.1, 0.15) is 0 Å². The molecular formula is C11H14F3N3O2S. The molecule has 112 valence electrons. The minimum atomic E-state index is -4.49. The summed E-state index contributed by atoms with van der Waals surface area (Å²) in [5.74, 6) is 0. The molecule has 1 aliphatic rings. The molecule has 0 aromatic carbocycles. The van der Waals surface area contributed by atoms with Crippen molar-refractivity contribution in [1.82, 2.24) is 9.88 Å². The van der Waals surface area contributed by atoms with Gasteiger partial charge in [-0.25, -0.2) is 9.78 Å². The van der Waals surface area contributed by atoms with Crippen LogP contribution in [0.3, 0.4) is 0 Å². The van der Waals surface area contributed by atoms with Gasteiger partial charge in [-0.3, -0.25) is 5.32 Å². The molecule has 0 atom stereocenters. The zero-order valence-corrected chi connectivity index (χ0v) is 11.6. The van der Waals surface area contributed by atoms with Gasteiger partial charge in [-0.1, -0.05) is 0 Å². The number of hydrogen-bond donors (Lipinski definition) is 1. The molecule has 0 aliphatic carbocycles. The minimum absolute atomic E-state index is 0.0452. The van der Waals surface area contributed by atoms with Crippen LogP contribution in [0.4, 0.5) is 23.1 Å². The van der Waals surface area contributed by atoms with E-state index in [1.165, 1.54) is 0 Å². The van der Waals surface area contributed by atoms with E-state index in [4.69, 9.17) is 4.74 Å². The number of nitrogens with one attached hydrogen (secondary N) is 1. The van der Waals surface area contributed by atoms with E-state index in [-0.39, 0.29) is 11.2 Å². The van der Waals surface area contributed by atoms with E-state index in [0.717, 1.165) is 29.6 Å². The first kappa shape index (κ1) is 15.0. The van der Waals surface area contributed by atoms with Crippen LogP contribution in [-0.4, -0.2) is 42.2 Å². The van der Waals surface area contributed by atoms with Crippen molar-refractivity contribution in [3.05, 3.63) is 11.1 Å². The van der Waals surface area contributed by atoms with Crippen molar-refractivity contribution in [2.45, 2.75) is 25.1 Å². The summed E-state index contributed by atoms with van der Waals surface area (Å²) in [4.78, 5) is 16.8. The predicted molar refractivity (Wildman–Crippen MR) is 67.7 cm³/mol. The molecular weight excluding hydrogens is 295 g/mol. The molecule has 0 radical (unpaired) electrons. The van der Waals surface area contributed by atoms with E-state index in [1.54, 1.807) is 12.0 Å². The molecule has 1 saturated heterocycles. The molecule has 20 heavy (non-hydrogen) atoms. The van der Waals surface area contributed by atoms with Gasteiger partial charge < -0.3 is 9.64 Å². The highest BCUT2D eigenvalue weighted by atomic mass is 32.1. The summed E-state index contributed by atoms with van der Waals surface area (Å²) in [6.45, 7) is 1.03. The highest BCUT2D eigenvalue weighted by Gasteiger charge is 2.34. The normalized spacial score (nSPS) is 17.3. The number of nitrogens with zero attached hydrogens (tertiary/aromatic N) is 2. The summed E-state index contributed by atoms with van der Waals surface area (Å²) in [6.07, 6.45) is -2.92. The van der Waals surface area contributed by atoms with E-state index in [2.05, 4.69) is 10.3 Å². The number of alkyl halides is 3. The van der Waals surface area contributed by atoms with Gasteiger partial charge in [0.2, 0.25) is 0 Å². The number of amides is 2. The van der Waals surface area contributed by atoms with Gasteiger partial charge in [0.25, 0.3) is 0 Å². The highest BCUT2D eigenvalue weighted by Crippen LogP contribution is 2.31. The summed E-state index contributed by atoms with van der Waals surface area (Å²) in [5, 5.41) is 3.23. The Bertz CT molecular complexity index is 470. The molecule has 2 heterocycles. The summed E-state index contributed by atoms with van der Waals surface area (Å²) in [6, 6.07) is -0.428. The van der Waals surface area contributed by atoms with Gasteiger partial charge in [0.05, 0.1) is 6.10 Å². The van der Waals surface area contributed by atoms with E-state index >= 15 is 0 Å². The summed E-state index contributed by atoms with van der Waals surface area (Å²) in [5.41, 5.74) is -0.990. The number of piperidine rings is 1. The Balaban J connectivity index is 1.90. The lowest BCUT2D eigenvalue weighted by molar-refractivity contribution is -0.140. The summed E-state index contributed by atoms with van der Waals surface area (Å²) >= 11 is 0.759. The fraction of sp³-hybridized carbons (Fsp3) is 0.636. The second-order valence-electron chi connectivity index (χ2n) is 4.39. The number of urea groups is 1. The fourth-order valence-corrected chi connectivity index (χ4v) is 2.63. The number of carbonyl (C=O) groups excluding carboxylic acids is 1. The lowest BCUT2D eigenvalue weighted by Gasteiger charge is -2.30. The zero-order valence-electron chi connectivity index (χ0n) is 10.7. The summed E-state index contributed by atoms with van der Waals surface area (Å²) in [7, 11) is 1.62. The van der Waals surface area contributed by atoms with Gasteiger partial charge >= 0.3 is 12.2 Å². The van der Waals surface area contributed by atoms with Crippen molar-refractivity contribution in [2.24, 2.45) is 0 Å². The number of halogens is 3. The SMILES string of the molecule is COC1CCN(C(=O)Nc2nc(C(F)(F)F)cs2)CC1. The lowest BCUT2D eigenvalue weighted by atomic mass is 10.1. The molecule has 2 amide bonds. The average molecular weight is 309 g/mol. The first-order valence-electron chi connectivity index (χ1n) is 6.01. The number of likely N-dealkylation sites (tertiary alicyclic amines) is 1. The van der Waals surface area contributed by atoms with Crippen LogP contribution in [0.5, 0.6) is 0 Å². The molecule has 1 aliphatic heterocycles. The largest absolute Gasteiger partial charge is 0.434 e. The standard InChI is InChI=1S/C11H14F3N3O2S/c1-19-7-2-4-17(5-3-7)10(18)16-9-15-8(6-20-9)11(12,13)14/h6-7H,2-5H2,1H3,(H,15,16,18). The van der Waals surface area contributed by atoms with E-state index in [9.17, 15) is 18.0 Å². The van der Waals surface area contributed by atoms with Crippen molar-refractivity contribution in [3.63, 3.8) is 0 Å². The lowest BCUT2D eigenvalue weighted by Crippen LogP contribution is -2.42. The Kier molecular flexibility index (Phi) is 4.48. The fourth-order valence-electron chi connectivity index (χ4n) is 1.93. The van der Waals surface area contributed by atoms with Gasteiger partial charge in [-0.2, -0.15) is 13.2 Å². The number of ether oxygens (including phenoxy) is 1. The quantitative estimate of drug-likeness (QED) is 0.914. The molecule has 0 saturated carbocycles. The smallest absolute Gasteiger partial charge is 0.381 e. The van der Waals surface area contributed by atoms with Crippen LogP contribution >= 0.6 is 11.3 Å². The summed E-state index contributed by atoms with van der Waals surface area (Å²) < 4.78 is 42.3. The number of aromatic nitrogens is 1. The number of methoxy groups -OCH3 is 1. The van der Waals surface area contributed by atoms with Gasteiger partial charge in [-0.05, 0) is 12.8 Å². The molecule has 5 nitrogen and oxygen atoms in total. The minimum Gasteiger partial charge on any atom is -0.381 e. The van der Waals surface area contributed by atoms with Crippen LogP contribution in [0.2, 0.25) is 0 Å². The second-order valence-corrected chi connectivity index (χ2v) is 5.25. The van der Waals surface area contributed by atoms with Crippen molar-refractivity contribution < 1.29 is 22.7 Å². The molecule has 0 unspecified atom stereocenters. The molecule has 9 heteroatoms. The third kappa shape index (κ3) is 3.60. The first-order chi connectivity index (χ1) is 9.40. The van der Waals surface area contributed by atoms with Crippen molar-refractivity contribution in [2.75, 3.05) is 25.5 Å². The van der Waals surface area contributed by atoms with Crippen molar-refractivity contribution >= 4 is 22.5 Å². The average Bonchev–Trinajstić information content (AvgIpc) is 2.87. The van der Waals surface area contributed by atoms with Gasteiger partial charge in [-0.15, -0.1) is 11.3 Å². The number of thiazole rings is 1. The number of anilines is 1. The number of carbonyl (C=O) groups is 1. The maximum Gasteiger partial charge on any atom is 0.434 e. The maximum atomic E-state index is 12.4. The third-order valence-electron chi connectivity index (χ3n) is 3.07. The van der Waals surface area contributed by atoms with Crippen LogP contribution < -0.4 is 5.32 Å². The zero-order chi connectivity index (χ0) is 14.8. The van der Waals surface area contributed by atoms with Crippen molar-refractivity contribution in [3.8, 4) is 0 Å². The third-order valence-corrected chi connectivity index (χ3v) is 3.83. The van der Waals surface area contributed by atoms with Gasteiger partial charge in [0, 0.05) is 25.6 Å². The Labute approximate surface area is 117 Å². The van der Waals surface area contributed by atoms with E-state index < -0.39 is 17.9 Å². The van der Waals surface area contributed by atoms with Crippen LogP contribution in [0.1, 0.15) is 18.5 Å². The van der Waals surface area contributed by atoms with Crippen LogP contribution in [0.25, 0.3) is 0 Å². The number of rotatable bonds is 2. The highest BCUT2D eigenvalue weighted by molar-refractivity contribution is 7.13. The van der Waals surface area contributed by atoms with Crippen LogP contribution in [0.15, 0.2) is 5.38 Å². The Morgan fingerprint density at radius 3 is 2.65 bits per heavy atom. The van der Waals surface area contributed by atoms with Crippen molar-refractivity contribution in [1.29, 1.82) is 0 Å². The molecule has 1 aromatic heterocycles. The molecule has 0 spiro atoms. The molecule has 1 aromatic rings.